The minimum atomic E-state index is 0.933. The van der Waals surface area contributed by atoms with Gasteiger partial charge in [-0.1, -0.05) is 6.58 Å². The van der Waals surface area contributed by atoms with Crippen molar-refractivity contribution in [1.82, 2.24) is 9.80 Å². The van der Waals surface area contributed by atoms with Crippen LogP contribution in [0.3, 0.4) is 0 Å². The lowest BCUT2D eigenvalue weighted by molar-refractivity contribution is 0.302. The van der Waals surface area contributed by atoms with E-state index < -0.39 is 0 Å². The molecule has 0 aromatic heterocycles. The number of rotatable bonds is 1. The maximum absolute atomic E-state index is 4.18. The molecule has 1 rings (SSSR count). The van der Waals surface area contributed by atoms with Crippen molar-refractivity contribution in [3.8, 4) is 0 Å². The zero-order valence-corrected chi connectivity index (χ0v) is 7.25. The molecule has 0 atom stereocenters. The SMILES string of the molecule is C=CN1CCN(C)C/C1=N/C. The minimum absolute atomic E-state index is 0.933. The van der Waals surface area contributed by atoms with Gasteiger partial charge < -0.3 is 4.90 Å². The topological polar surface area (TPSA) is 18.8 Å². The standard InChI is InChI=1S/C8H15N3/c1-4-11-6-5-10(3)7-8(11)9-2/h4H,1,5-7H2,2-3H3/b9-8-. The second kappa shape index (κ2) is 3.53. The summed E-state index contributed by atoms with van der Waals surface area (Å²) in [7, 11) is 3.93. The van der Waals surface area contributed by atoms with Crippen LogP contribution in [0.5, 0.6) is 0 Å². The predicted molar refractivity (Wildman–Crippen MR) is 47.8 cm³/mol. The van der Waals surface area contributed by atoms with Gasteiger partial charge in [0, 0.05) is 20.1 Å². The quantitative estimate of drug-likeness (QED) is 0.543. The van der Waals surface area contributed by atoms with Crippen LogP contribution >= 0.6 is 0 Å². The molecule has 0 aromatic rings. The number of nitrogens with zero attached hydrogens (tertiary/aromatic N) is 3. The highest BCUT2D eigenvalue weighted by molar-refractivity contribution is 5.85. The molecule has 1 saturated heterocycles. The van der Waals surface area contributed by atoms with E-state index in [1.807, 2.05) is 13.2 Å². The fourth-order valence-electron chi connectivity index (χ4n) is 1.21. The second-order valence-electron chi connectivity index (χ2n) is 2.75. The highest BCUT2D eigenvalue weighted by atomic mass is 15.3. The first kappa shape index (κ1) is 8.27. The molecule has 0 aliphatic carbocycles. The highest BCUT2D eigenvalue weighted by Gasteiger charge is 2.15. The van der Waals surface area contributed by atoms with E-state index >= 15 is 0 Å². The molecule has 0 unspecified atom stereocenters. The van der Waals surface area contributed by atoms with Crippen molar-refractivity contribution in [2.24, 2.45) is 4.99 Å². The highest BCUT2D eigenvalue weighted by Crippen LogP contribution is 2.01. The molecule has 0 amide bonds. The Morgan fingerprint density at radius 2 is 2.27 bits per heavy atom. The summed E-state index contributed by atoms with van der Waals surface area (Å²) in [5, 5.41) is 0. The molecular weight excluding hydrogens is 138 g/mol. The maximum atomic E-state index is 4.18. The van der Waals surface area contributed by atoms with Gasteiger partial charge in [0.25, 0.3) is 0 Å². The van der Waals surface area contributed by atoms with Crippen LogP contribution < -0.4 is 0 Å². The van der Waals surface area contributed by atoms with Crippen LogP contribution in [0, 0.1) is 0 Å². The zero-order chi connectivity index (χ0) is 8.27. The number of piperazine rings is 1. The van der Waals surface area contributed by atoms with Crippen LogP contribution in [0.2, 0.25) is 0 Å². The van der Waals surface area contributed by atoms with E-state index in [0.29, 0.717) is 0 Å². The maximum Gasteiger partial charge on any atom is 0.117 e. The lowest BCUT2D eigenvalue weighted by Gasteiger charge is -2.32. The molecule has 62 valence electrons. The molecule has 0 spiro atoms. The van der Waals surface area contributed by atoms with Crippen molar-refractivity contribution in [3.63, 3.8) is 0 Å². The van der Waals surface area contributed by atoms with Crippen molar-refractivity contribution < 1.29 is 0 Å². The predicted octanol–water partition coefficient (Wildman–Crippen LogP) is 0.406. The summed E-state index contributed by atoms with van der Waals surface area (Å²) >= 11 is 0. The van der Waals surface area contributed by atoms with Crippen molar-refractivity contribution in [3.05, 3.63) is 12.8 Å². The van der Waals surface area contributed by atoms with Gasteiger partial charge in [-0.3, -0.25) is 9.89 Å². The van der Waals surface area contributed by atoms with Crippen molar-refractivity contribution in [1.29, 1.82) is 0 Å². The molecule has 1 fully saturated rings. The fourth-order valence-corrected chi connectivity index (χ4v) is 1.21. The fraction of sp³-hybridized carbons (Fsp3) is 0.625. The smallest absolute Gasteiger partial charge is 0.117 e. The number of aliphatic imine (C=N–C) groups is 1. The van der Waals surface area contributed by atoms with E-state index in [1.165, 1.54) is 0 Å². The van der Waals surface area contributed by atoms with Gasteiger partial charge in [0.05, 0.1) is 6.54 Å². The van der Waals surface area contributed by atoms with Crippen LogP contribution in [-0.4, -0.2) is 49.4 Å². The minimum Gasteiger partial charge on any atom is -0.335 e. The number of hydrogen-bond donors (Lipinski definition) is 0. The monoisotopic (exact) mass is 153 g/mol. The molecule has 1 aliphatic heterocycles. The van der Waals surface area contributed by atoms with E-state index in [0.717, 1.165) is 25.5 Å². The molecule has 1 heterocycles. The first-order valence-corrected chi connectivity index (χ1v) is 3.81. The van der Waals surface area contributed by atoms with E-state index in [-0.39, 0.29) is 0 Å². The molecule has 0 saturated carbocycles. The summed E-state index contributed by atoms with van der Waals surface area (Å²) in [6.45, 7) is 6.76. The van der Waals surface area contributed by atoms with Gasteiger partial charge in [0.1, 0.15) is 5.84 Å². The summed E-state index contributed by atoms with van der Waals surface area (Å²) in [5.74, 6) is 1.11. The van der Waals surface area contributed by atoms with Crippen LogP contribution in [-0.2, 0) is 0 Å². The number of likely N-dealkylation sites (N-methyl/N-ethyl adjacent to an activating group) is 1. The summed E-state index contributed by atoms with van der Waals surface area (Å²) < 4.78 is 0. The van der Waals surface area contributed by atoms with Gasteiger partial charge in [-0.2, -0.15) is 0 Å². The first-order chi connectivity index (χ1) is 5.27. The lowest BCUT2D eigenvalue weighted by Crippen LogP contribution is -2.46. The molecule has 11 heavy (non-hydrogen) atoms. The molecule has 0 N–H and O–H groups in total. The Kier molecular flexibility index (Phi) is 2.65. The molecule has 0 radical (unpaired) electrons. The van der Waals surface area contributed by atoms with Crippen molar-refractivity contribution >= 4 is 5.84 Å². The molecule has 3 nitrogen and oxygen atoms in total. The van der Waals surface area contributed by atoms with Crippen LogP contribution in [0.25, 0.3) is 0 Å². The molecule has 0 bridgehead atoms. The van der Waals surface area contributed by atoms with Crippen LogP contribution in [0.15, 0.2) is 17.8 Å². The van der Waals surface area contributed by atoms with E-state index in [1.54, 1.807) is 0 Å². The Hall–Kier alpha value is -0.830. The van der Waals surface area contributed by atoms with E-state index in [9.17, 15) is 0 Å². The average Bonchev–Trinajstić information content (AvgIpc) is 2.04. The van der Waals surface area contributed by atoms with Gasteiger partial charge in [0.15, 0.2) is 0 Å². The molecule has 3 heteroatoms. The third-order valence-electron chi connectivity index (χ3n) is 1.94. The summed E-state index contributed by atoms with van der Waals surface area (Å²) in [6, 6.07) is 0. The first-order valence-electron chi connectivity index (χ1n) is 3.81. The normalized spacial score (nSPS) is 24.2. The Morgan fingerprint density at radius 1 is 1.55 bits per heavy atom. The number of amidine groups is 1. The van der Waals surface area contributed by atoms with Gasteiger partial charge >= 0.3 is 0 Å². The third kappa shape index (κ3) is 1.80. The molecule has 1 aliphatic rings. The van der Waals surface area contributed by atoms with E-state index in [4.69, 9.17) is 0 Å². The Labute approximate surface area is 68.0 Å². The van der Waals surface area contributed by atoms with Crippen LogP contribution in [0.4, 0.5) is 0 Å². The molecule has 0 aromatic carbocycles. The Bertz CT molecular complexity index is 174. The van der Waals surface area contributed by atoms with Gasteiger partial charge in [-0.05, 0) is 13.2 Å². The second-order valence-corrected chi connectivity index (χ2v) is 2.75. The van der Waals surface area contributed by atoms with Gasteiger partial charge in [-0.25, -0.2) is 0 Å². The van der Waals surface area contributed by atoms with Crippen molar-refractivity contribution in [2.75, 3.05) is 33.7 Å². The van der Waals surface area contributed by atoms with Crippen molar-refractivity contribution in [2.45, 2.75) is 0 Å². The largest absolute Gasteiger partial charge is 0.335 e. The van der Waals surface area contributed by atoms with E-state index in [2.05, 4.69) is 28.4 Å². The number of hydrogen-bond acceptors (Lipinski definition) is 2. The van der Waals surface area contributed by atoms with Crippen LogP contribution in [0.1, 0.15) is 0 Å². The zero-order valence-electron chi connectivity index (χ0n) is 7.25. The van der Waals surface area contributed by atoms with Gasteiger partial charge in [-0.15, -0.1) is 0 Å². The summed E-state index contributed by atoms with van der Waals surface area (Å²) in [5.41, 5.74) is 0. The Morgan fingerprint density at radius 3 is 2.82 bits per heavy atom. The summed E-state index contributed by atoms with van der Waals surface area (Å²) in [6.07, 6.45) is 1.84. The average molecular weight is 153 g/mol. The van der Waals surface area contributed by atoms with Gasteiger partial charge in [0.2, 0.25) is 0 Å². The third-order valence-corrected chi connectivity index (χ3v) is 1.94. The Balaban J connectivity index is 2.63. The molecular formula is C8H15N3. The summed E-state index contributed by atoms with van der Waals surface area (Å²) in [4.78, 5) is 8.53. The lowest BCUT2D eigenvalue weighted by atomic mass is 10.3.